The Hall–Kier alpha value is -1.64. The molecule has 0 spiro atoms. The molecule has 0 aliphatic rings. The number of amides is 3. The summed E-state index contributed by atoms with van der Waals surface area (Å²) in [6, 6.07) is 6.46. The molecular formula is C10H11IN4O2. The lowest BCUT2D eigenvalue weighted by molar-refractivity contribution is -0.110. The zero-order chi connectivity index (χ0) is 12.8. The third-order valence-corrected chi connectivity index (χ3v) is 2.48. The van der Waals surface area contributed by atoms with Crippen molar-refractivity contribution in [2.24, 2.45) is 10.8 Å². The highest BCUT2D eigenvalue weighted by atomic mass is 127. The van der Waals surface area contributed by atoms with Crippen molar-refractivity contribution in [3.05, 3.63) is 27.8 Å². The van der Waals surface area contributed by atoms with Gasteiger partial charge in [0.05, 0.1) is 0 Å². The van der Waals surface area contributed by atoms with Gasteiger partial charge < -0.3 is 11.1 Å². The highest BCUT2D eigenvalue weighted by Gasteiger charge is 2.06. The van der Waals surface area contributed by atoms with Crippen LogP contribution in [0, 0.1) is 3.57 Å². The Labute approximate surface area is 112 Å². The number of nitrogens with two attached hydrogens (primary N) is 1. The fraction of sp³-hybridized carbons (Fsp3) is 0.100. The van der Waals surface area contributed by atoms with Gasteiger partial charge in [-0.3, -0.25) is 4.79 Å². The number of nitrogens with one attached hydrogen (secondary N) is 2. The van der Waals surface area contributed by atoms with Crippen molar-refractivity contribution < 1.29 is 9.59 Å². The van der Waals surface area contributed by atoms with E-state index in [2.05, 4.69) is 33.0 Å². The molecule has 6 nitrogen and oxygen atoms in total. The molecule has 0 atom stereocenters. The average Bonchev–Trinajstić information content (AvgIpc) is 2.28. The van der Waals surface area contributed by atoms with Gasteiger partial charge in [-0.2, -0.15) is 5.10 Å². The van der Waals surface area contributed by atoms with E-state index in [1.165, 1.54) is 6.92 Å². The summed E-state index contributed by atoms with van der Waals surface area (Å²) in [5.41, 5.74) is 7.58. The predicted octanol–water partition coefficient (Wildman–Crippen LogP) is 1.27. The van der Waals surface area contributed by atoms with Crippen LogP contribution in [0.3, 0.4) is 0 Å². The number of hydrogen-bond donors (Lipinski definition) is 3. The number of urea groups is 1. The lowest BCUT2D eigenvalue weighted by Crippen LogP contribution is -2.29. The molecule has 1 aromatic rings. The van der Waals surface area contributed by atoms with Crippen molar-refractivity contribution in [1.82, 2.24) is 5.43 Å². The van der Waals surface area contributed by atoms with Crippen LogP contribution in [-0.2, 0) is 4.79 Å². The normalized spacial score (nSPS) is 10.8. The number of hydrogen-bond acceptors (Lipinski definition) is 3. The van der Waals surface area contributed by atoms with Crippen LogP contribution in [0.1, 0.15) is 6.92 Å². The summed E-state index contributed by atoms with van der Waals surface area (Å²) >= 11 is 2.17. The van der Waals surface area contributed by atoms with Crippen molar-refractivity contribution in [1.29, 1.82) is 0 Å². The molecule has 0 saturated carbocycles. The molecule has 0 saturated heterocycles. The Morgan fingerprint density at radius 1 is 1.29 bits per heavy atom. The second-order valence-electron chi connectivity index (χ2n) is 3.13. The summed E-state index contributed by atoms with van der Waals surface area (Å²) in [4.78, 5) is 22.0. The Kier molecular flexibility index (Phi) is 4.88. The Bertz CT molecular complexity index is 456. The minimum atomic E-state index is -0.814. The molecule has 0 bridgehead atoms. The van der Waals surface area contributed by atoms with Crippen molar-refractivity contribution in [2.45, 2.75) is 6.92 Å². The van der Waals surface area contributed by atoms with Crippen LogP contribution in [-0.4, -0.2) is 17.6 Å². The van der Waals surface area contributed by atoms with E-state index in [1.807, 2.05) is 17.6 Å². The largest absolute Gasteiger partial charge is 0.350 e. The second-order valence-corrected chi connectivity index (χ2v) is 4.38. The van der Waals surface area contributed by atoms with E-state index in [0.717, 1.165) is 3.57 Å². The minimum Gasteiger partial charge on any atom is -0.350 e. The molecule has 0 aliphatic heterocycles. The maximum Gasteiger partial charge on any atom is 0.332 e. The summed E-state index contributed by atoms with van der Waals surface area (Å²) in [5, 5.41) is 6.14. The van der Waals surface area contributed by atoms with Crippen LogP contribution in [0.2, 0.25) is 0 Å². The third kappa shape index (κ3) is 4.81. The summed E-state index contributed by atoms with van der Waals surface area (Å²) in [6.07, 6.45) is 0. The second kappa shape index (κ2) is 6.18. The number of primary amides is 1. The van der Waals surface area contributed by atoms with Gasteiger partial charge in [0.2, 0.25) is 0 Å². The smallest absolute Gasteiger partial charge is 0.332 e. The molecule has 1 rings (SSSR count). The standard InChI is InChI=1S/C10H11IN4O2/c1-6(14-15-10(12)17)9(16)13-8-4-2-7(11)3-5-8/h2-5H,1H3,(H,13,16)(H3,12,15,17)/b14-6+. The first-order valence-electron chi connectivity index (χ1n) is 4.65. The molecule has 3 amide bonds. The molecule has 1 aromatic carbocycles. The molecule has 0 heterocycles. The van der Waals surface area contributed by atoms with E-state index in [1.54, 1.807) is 12.1 Å². The van der Waals surface area contributed by atoms with Gasteiger partial charge in [0, 0.05) is 9.26 Å². The van der Waals surface area contributed by atoms with Crippen LogP contribution in [0.5, 0.6) is 0 Å². The number of halogens is 1. The zero-order valence-electron chi connectivity index (χ0n) is 9.03. The summed E-state index contributed by atoms with van der Waals surface area (Å²) < 4.78 is 1.07. The summed E-state index contributed by atoms with van der Waals surface area (Å²) in [5.74, 6) is -0.403. The zero-order valence-corrected chi connectivity index (χ0v) is 11.2. The van der Waals surface area contributed by atoms with Crippen LogP contribution in [0.4, 0.5) is 10.5 Å². The number of hydrazone groups is 1. The molecule has 0 radical (unpaired) electrons. The average molecular weight is 346 g/mol. The van der Waals surface area contributed by atoms with Crippen molar-refractivity contribution in [3.8, 4) is 0 Å². The molecule has 90 valence electrons. The molecule has 17 heavy (non-hydrogen) atoms. The number of carbonyl (C=O) groups excluding carboxylic acids is 2. The lowest BCUT2D eigenvalue weighted by Gasteiger charge is -2.04. The SMILES string of the molecule is C/C(=N\NC(N)=O)C(=O)Nc1ccc(I)cc1. The predicted molar refractivity (Wildman–Crippen MR) is 73.6 cm³/mol. The quantitative estimate of drug-likeness (QED) is 0.437. The monoisotopic (exact) mass is 346 g/mol. The van der Waals surface area contributed by atoms with E-state index in [-0.39, 0.29) is 5.71 Å². The Morgan fingerprint density at radius 3 is 2.41 bits per heavy atom. The van der Waals surface area contributed by atoms with Gasteiger partial charge >= 0.3 is 6.03 Å². The van der Waals surface area contributed by atoms with E-state index in [0.29, 0.717) is 5.69 Å². The van der Waals surface area contributed by atoms with E-state index >= 15 is 0 Å². The molecule has 0 unspecified atom stereocenters. The van der Waals surface area contributed by atoms with Crippen molar-refractivity contribution in [3.63, 3.8) is 0 Å². The first-order valence-corrected chi connectivity index (χ1v) is 5.73. The van der Waals surface area contributed by atoms with Crippen LogP contribution in [0.25, 0.3) is 0 Å². The summed E-state index contributed by atoms with van der Waals surface area (Å²) in [7, 11) is 0. The van der Waals surface area contributed by atoms with Gasteiger partial charge in [-0.15, -0.1) is 0 Å². The van der Waals surface area contributed by atoms with Crippen molar-refractivity contribution >= 4 is 45.9 Å². The molecule has 0 aliphatic carbocycles. The van der Waals surface area contributed by atoms with Gasteiger partial charge in [-0.05, 0) is 53.8 Å². The fourth-order valence-electron chi connectivity index (χ4n) is 0.944. The van der Waals surface area contributed by atoms with Gasteiger partial charge in [-0.25, -0.2) is 10.2 Å². The molecule has 0 aromatic heterocycles. The highest BCUT2D eigenvalue weighted by molar-refractivity contribution is 14.1. The van der Waals surface area contributed by atoms with Gasteiger partial charge in [0.25, 0.3) is 5.91 Å². The van der Waals surface area contributed by atoms with Gasteiger partial charge in [0.15, 0.2) is 0 Å². The number of carbonyl (C=O) groups is 2. The first kappa shape index (κ1) is 13.4. The number of nitrogens with zero attached hydrogens (tertiary/aromatic N) is 1. The van der Waals surface area contributed by atoms with Crippen LogP contribution in [0.15, 0.2) is 29.4 Å². The fourth-order valence-corrected chi connectivity index (χ4v) is 1.30. The van der Waals surface area contributed by atoms with Gasteiger partial charge in [0.1, 0.15) is 5.71 Å². The Balaban J connectivity index is 2.63. The van der Waals surface area contributed by atoms with E-state index in [4.69, 9.17) is 5.73 Å². The van der Waals surface area contributed by atoms with E-state index in [9.17, 15) is 9.59 Å². The Morgan fingerprint density at radius 2 is 1.88 bits per heavy atom. The summed E-state index contributed by atoms with van der Waals surface area (Å²) in [6.45, 7) is 1.47. The van der Waals surface area contributed by atoms with E-state index < -0.39 is 11.9 Å². The molecule has 4 N–H and O–H groups in total. The van der Waals surface area contributed by atoms with Crippen molar-refractivity contribution in [2.75, 3.05) is 5.32 Å². The maximum atomic E-state index is 11.6. The molecular weight excluding hydrogens is 335 g/mol. The topological polar surface area (TPSA) is 96.6 Å². The first-order chi connectivity index (χ1) is 7.99. The molecule has 7 heteroatoms. The van der Waals surface area contributed by atoms with Crippen LogP contribution >= 0.6 is 22.6 Å². The van der Waals surface area contributed by atoms with Gasteiger partial charge in [-0.1, -0.05) is 0 Å². The molecule has 0 fully saturated rings. The van der Waals surface area contributed by atoms with Crippen LogP contribution < -0.4 is 16.5 Å². The lowest BCUT2D eigenvalue weighted by atomic mass is 10.3. The number of benzene rings is 1. The maximum absolute atomic E-state index is 11.6. The third-order valence-electron chi connectivity index (χ3n) is 1.76. The minimum absolute atomic E-state index is 0.113. The number of anilines is 1. The number of rotatable bonds is 3. The highest BCUT2D eigenvalue weighted by Crippen LogP contribution is 2.10.